The first-order valence-electron chi connectivity index (χ1n) is 7.89. The maximum atomic E-state index is 11.9. The third-order valence-corrected chi connectivity index (χ3v) is 2.91. The number of benzene rings is 1. The van der Waals surface area contributed by atoms with Gasteiger partial charge in [0.05, 0.1) is 19.8 Å². The molecule has 0 unspecified atom stereocenters. The molecular formula is C17H23NO6. The first kappa shape index (κ1) is 19.5. The average Bonchev–Trinajstić information content (AvgIpc) is 2.58. The quantitative estimate of drug-likeness (QED) is 0.395. The van der Waals surface area contributed by atoms with Gasteiger partial charge in [0, 0.05) is 6.42 Å². The van der Waals surface area contributed by atoms with Crippen molar-refractivity contribution < 1.29 is 28.6 Å². The maximum Gasteiger partial charge on any atom is 0.340 e. The highest BCUT2D eigenvalue weighted by molar-refractivity contribution is 6.02. The van der Waals surface area contributed by atoms with Crippen molar-refractivity contribution in [2.24, 2.45) is 0 Å². The summed E-state index contributed by atoms with van der Waals surface area (Å²) in [5.41, 5.74) is 0. The van der Waals surface area contributed by atoms with Gasteiger partial charge >= 0.3 is 11.9 Å². The van der Waals surface area contributed by atoms with Crippen LogP contribution in [0.25, 0.3) is 0 Å². The maximum absolute atomic E-state index is 11.9. The van der Waals surface area contributed by atoms with Gasteiger partial charge in [-0.15, -0.1) is 0 Å². The molecule has 0 aliphatic carbocycles. The van der Waals surface area contributed by atoms with Crippen LogP contribution in [0.5, 0.6) is 5.75 Å². The molecule has 7 heteroatoms. The Morgan fingerprint density at radius 1 is 1.00 bits per heavy atom. The van der Waals surface area contributed by atoms with Crippen LogP contribution >= 0.6 is 0 Å². The molecule has 1 rings (SSSR count). The molecule has 0 saturated heterocycles. The first-order valence-corrected chi connectivity index (χ1v) is 7.89. The normalized spacial score (nSPS) is 10.1. The number of hydrogen-bond acceptors (Lipinski definition) is 6. The van der Waals surface area contributed by atoms with E-state index in [1.165, 1.54) is 0 Å². The Kier molecular flexibility index (Phi) is 8.96. The minimum atomic E-state index is -1.44. The molecule has 1 aromatic carbocycles. The van der Waals surface area contributed by atoms with Crippen molar-refractivity contribution in [3.63, 3.8) is 0 Å². The molecule has 1 N–H and O–H groups in total. The first-order chi connectivity index (χ1) is 11.6. The van der Waals surface area contributed by atoms with E-state index in [2.05, 4.69) is 5.32 Å². The largest absolute Gasteiger partial charge is 0.494 e. The summed E-state index contributed by atoms with van der Waals surface area (Å²) in [6.45, 7) is 3.79. The topological polar surface area (TPSA) is 90.9 Å². The summed E-state index contributed by atoms with van der Waals surface area (Å²) >= 11 is 0. The van der Waals surface area contributed by atoms with Crippen LogP contribution in [0.4, 0.5) is 0 Å². The van der Waals surface area contributed by atoms with Crippen molar-refractivity contribution in [3.05, 3.63) is 30.3 Å². The van der Waals surface area contributed by atoms with Crippen LogP contribution in [0.3, 0.4) is 0 Å². The van der Waals surface area contributed by atoms with E-state index in [1.807, 2.05) is 30.3 Å². The van der Waals surface area contributed by atoms with Crippen LogP contribution in [-0.2, 0) is 23.9 Å². The number of carbonyl (C=O) groups excluding carboxylic acids is 3. The lowest BCUT2D eigenvalue weighted by atomic mass is 10.2. The number of para-hydroxylation sites is 1. The van der Waals surface area contributed by atoms with Crippen molar-refractivity contribution in [1.29, 1.82) is 0 Å². The van der Waals surface area contributed by atoms with Gasteiger partial charge in [-0.05, 0) is 32.4 Å². The zero-order valence-corrected chi connectivity index (χ0v) is 13.9. The molecular weight excluding hydrogens is 314 g/mol. The van der Waals surface area contributed by atoms with Gasteiger partial charge < -0.3 is 19.5 Å². The Morgan fingerprint density at radius 3 is 2.12 bits per heavy atom. The number of amides is 1. The molecule has 24 heavy (non-hydrogen) atoms. The average molecular weight is 337 g/mol. The van der Waals surface area contributed by atoms with Gasteiger partial charge in [-0.25, -0.2) is 9.59 Å². The fraction of sp³-hybridized carbons (Fsp3) is 0.471. The second-order valence-electron chi connectivity index (χ2n) is 4.77. The van der Waals surface area contributed by atoms with Crippen LogP contribution in [-0.4, -0.2) is 43.7 Å². The number of ether oxygens (including phenoxy) is 3. The lowest BCUT2D eigenvalue weighted by Gasteiger charge is -2.15. The summed E-state index contributed by atoms with van der Waals surface area (Å²) in [5, 5.41) is 2.34. The second kappa shape index (κ2) is 11.0. The third-order valence-electron chi connectivity index (χ3n) is 2.91. The molecule has 7 nitrogen and oxygen atoms in total. The van der Waals surface area contributed by atoms with Crippen molar-refractivity contribution in [3.8, 4) is 5.75 Å². The Morgan fingerprint density at radius 2 is 1.58 bits per heavy atom. The second-order valence-corrected chi connectivity index (χ2v) is 4.77. The van der Waals surface area contributed by atoms with Crippen molar-refractivity contribution >= 4 is 17.8 Å². The number of nitrogens with one attached hydrogen (secondary N) is 1. The molecule has 0 spiro atoms. The van der Waals surface area contributed by atoms with Gasteiger partial charge in [0.15, 0.2) is 0 Å². The molecule has 132 valence electrons. The number of hydrogen-bond donors (Lipinski definition) is 1. The van der Waals surface area contributed by atoms with E-state index >= 15 is 0 Å². The monoisotopic (exact) mass is 337 g/mol. The summed E-state index contributed by atoms with van der Waals surface area (Å²) < 4.78 is 15.0. The molecule has 0 heterocycles. The summed E-state index contributed by atoms with van der Waals surface area (Å²) in [5.74, 6) is -1.39. The van der Waals surface area contributed by atoms with Crippen LogP contribution in [0, 0.1) is 0 Å². The van der Waals surface area contributed by atoms with E-state index in [0.717, 1.165) is 0 Å². The van der Waals surface area contributed by atoms with Gasteiger partial charge in [-0.1, -0.05) is 18.2 Å². The highest BCUT2D eigenvalue weighted by Crippen LogP contribution is 2.08. The molecule has 0 fully saturated rings. The van der Waals surface area contributed by atoms with E-state index in [4.69, 9.17) is 14.2 Å². The predicted octanol–water partition coefficient (Wildman–Crippen LogP) is 1.46. The molecule has 0 aliphatic heterocycles. The highest BCUT2D eigenvalue weighted by Gasteiger charge is 2.30. The Hall–Kier alpha value is -2.57. The molecule has 0 aliphatic rings. The molecule has 0 saturated carbocycles. The Bertz CT molecular complexity index is 513. The standard InChI is InChI=1S/C17H23NO6/c1-3-22-16(20)15(17(21)23-4-2)18-14(19)11-8-12-24-13-9-6-5-7-10-13/h5-7,9-10,15H,3-4,8,11-12H2,1-2H3,(H,18,19). The molecule has 0 bridgehead atoms. The lowest BCUT2D eigenvalue weighted by Crippen LogP contribution is -2.48. The number of rotatable bonds is 10. The Labute approximate surface area is 141 Å². The predicted molar refractivity (Wildman–Crippen MR) is 86.4 cm³/mol. The SMILES string of the molecule is CCOC(=O)C(NC(=O)CCCOc1ccccc1)C(=O)OCC. The lowest BCUT2D eigenvalue weighted by molar-refractivity contribution is -0.159. The summed E-state index contributed by atoms with van der Waals surface area (Å²) in [6, 6.07) is 7.78. The van der Waals surface area contributed by atoms with E-state index in [9.17, 15) is 14.4 Å². The minimum absolute atomic E-state index is 0.107. The smallest absolute Gasteiger partial charge is 0.340 e. The molecule has 0 radical (unpaired) electrons. The molecule has 1 aromatic rings. The van der Waals surface area contributed by atoms with E-state index in [0.29, 0.717) is 18.8 Å². The summed E-state index contributed by atoms with van der Waals surface area (Å²) in [7, 11) is 0. The summed E-state index contributed by atoms with van der Waals surface area (Å²) in [6.07, 6.45) is 0.557. The van der Waals surface area contributed by atoms with Crippen molar-refractivity contribution in [2.45, 2.75) is 32.7 Å². The van der Waals surface area contributed by atoms with Gasteiger partial charge in [-0.2, -0.15) is 0 Å². The van der Waals surface area contributed by atoms with Crippen LogP contribution in [0.15, 0.2) is 30.3 Å². The highest BCUT2D eigenvalue weighted by atomic mass is 16.6. The molecule has 0 aromatic heterocycles. The fourth-order valence-corrected chi connectivity index (χ4v) is 1.84. The van der Waals surface area contributed by atoms with Crippen molar-refractivity contribution in [2.75, 3.05) is 19.8 Å². The van der Waals surface area contributed by atoms with E-state index in [-0.39, 0.29) is 19.6 Å². The van der Waals surface area contributed by atoms with Crippen LogP contribution < -0.4 is 10.1 Å². The number of esters is 2. The van der Waals surface area contributed by atoms with Crippen molar-refractivity contribution in [1.82, 2.24) is 5.32 Å². The summed E-state index contributed by atoms with van der Waals surface area (Å²) in [4.78, 5) is 35.4. The molecule has 1 amide bonds. The molecule has 0 atom stereocenters. The van der Waals surface area contributed by atoms with Crippen LogP contribution in [0.1, 0.15) is 26.7 Å². The number of carbonyl (C=O) groups is 3. The van der Waals surface area contributed by atoms with Gasteiger partial charge in [0.1, 0.15) is 5.75 Å². The van der Waals surface area contributed by atoms with Gasteiger partial charge in [-0.3, -0.25) is 4.79 Å². The van der Waals surface area contributed by atoms with Gasteiger partial charge in [0.25, 0.3) is 0 Å². The zero-order chi connectivity index (χ0) is 17.8. The Balaban J connectivity index is 2.40. The van der Waals surface area contributed by atoms with Gasteiger partial charge in [0.2, 0.25) is 11.9 Å². The third kappa shape index (κ3) is 7.13. The fourth-order valence-electron chi connectivity index (χ4n) is 1.84. The van der Waals surface area contributed by atoms with Crippen LogP contribution in [0.2, 0.25) is 0 Å². The zero-order valence-electron chi connectivity index (χ0n) is 13.9. The van der Waals surface area contributed by atoms with E-state index < -0.39 is 23.9 Å². The van der Waals surface area contributed by atoms with E-state index in [1.54, 1.807) is 13.8 Å². The minimum Gasteiger partial charge on any atom is -0.494 e.